The van der Waals surface area contributed by atoms with E-state index in [1.165, 1.54) is 27.0 Å². The molecule has 1 rings (SSSR count). The highest BCUT2D eigenvalue weighted by Crippen LogP contribution is 2.30. The maximum absolute atomic E-state index is 11.5. The van der Waals surface area contributed by atoms with Crippen molar-refractivity contribution in [3.63, 3.8) is 0 Å². The highest BCUT2D eigenvalue weighted by atomic mass is 32.2. The number of carbonyl (C=O) groups is 2. The normalized spacial score (nSPS) is 11.0. The molecule has 0 saturated heterocycles. The standard InChI is InChI=1S/C12H15NO6S/c1-7-4-9(13-12(15)5-8(2)14)10(19-3)6-11(7)20(16,17)18/h4,6H,5H2,1-3H3,(H,13,15)(H,16,17,18)/p-1. The molecule has 0 aliphatic rings. The van der Waals surface area contributed by atoms with Crippen LogP contribution in [0.15, 0.2) is 17.0 Å². The zero-order chi connectivity index (χ0) is 15.5. The Morgan fingerprint density at radius 2 is 1.95 bits per heavy atom. The third-order valence-electron chi connectivity index (χ3n) is 2.45. The van der Waals surface area contributed by atoms with Crippen LogP contribution in [0, 0.1) is 6.92 Å². The van der Waals surface area contributed by atoms with Crippen molar-refractivity contribution in [2.45, 2.75) is 25.2 Å². The molecule has 8 heteroatoms. The third kappa shape index (κ3) is 4.04. The number of hydrogen-bond donors (Lipinski definition) is 1. The van der Waals surface area contributed by atoms with Crippen molar-refractivity contribution in [1.82, 2.24) is 0 Å². The minimum atomic E-state index is -4.63. The number of amides is 1. The average molecular weight is 300 g/mol. The van der Waals surface area contributed by atoms with Crippen LogP contribution in [0.3, 0.4) is 0 Å². The molecule has 0 unspecified atom stereocenters. The fraction of sp³-hybridized carbons (Fsp3) is 0.333. The van der Waals surface area contributed by atoms with Crippen molar-refractivity contribution < 1.29 is 27.3 Å². The van der Waals surface area contributed by atoms with Crippen molar-refractivity contribution in [3.8, 4) is 5.75 Å². The van der Waals surface area contributed by atoms with Crippen LogP contribution in [0.25, 0.3) is 0 Å². The first-order chi connectivity index (χ1) is 9.15. The van der Waals surface area contributed by atoms with Gasteiger partial charge in [-0.05, 0) is 25.5 Å². The van der Waals surface area contributed by atoms with Gasteiger partial charge in [0.2, 0.25) is 5.91 Å². The molecular formula is C12H14NO6S-. The summed E-state index contributed by atoms with van der Waals surface area (Å²) in [4.78, 5) is 21.9. The quantitative estimate of drug-likeness (QED) is 0.636. The molecular weight excluding hydrogens is 286 g/mol. The number of Topliss-reactive ketones (excluding diaryl/α,β-unsaturated/α-hetero) is 1. The van der Waals surface area contributed by atoms with Gasteiger partial charge in [0, 0.05) is 6.07 Å². The van der Waals surface area contributed by atoms with E-state index in [-0.39, 0.29) is 29.2 Å². The van der Waals surface area contributed by atoms with Gasteiger partial charge >= 0.3 is 0 Å². The van der Waals surface area contributed by atoms with Crippen molar-refractivity contribution in [2.75, 3.05) is 12.4 Å². The lowest BCUT2D eigenvalue weighted by Gasteiger charge is -2.16. The molecule has 0 bridgehead atoms. The molecule has 7 nitrogen and oxygen atoms in total. The maximum Gasteiger partial charge on any atom is 0.231 e. The van der Waals surface area contributed by atoms with Crippen LogP contribution in [-0.2, 0) is 19.7 Å². The minimum absolute atomic E-state index is 0.0296. The molecule has 0 atom stereocenters. The van der Waals surface area contributed by atoms with E-state index in [4.69, 9.17) is 4.74 Å². The van der Waals surface area contributed by atoms with Gasteiger partial charge in [0.15, 0.2) is 0 Å². The molecule has 0 aromatic heterocycles. The summed E-state index contributed by atoms with van der Waals surface area (Å²) < 4.78 is 38.1. The Balaban J connectivity index is 3.19. The number of rotatable bonds is 5. The van der Waals surface area contributed by atoms with Crippen LogP contribution >= 0.6 is 0 Å². The molecule has 0 aliphatic carbocycles. The van der Waals surface area contributed by atoms with Gasteiger partial charge in [0.05, 0.1) is 24.1 Å². The number of carbonyl (C=O) groups excluding carboxylic acids is 2. The number of aryl methyl sites for hydroxylation is 1. The number of nitrogens with one attached hydrogen (secondary N) is 1. The second kappa shape index (κ2) is 6.02. The van der Waals surface area contributed by atoms with Crippen molar-refractivity contribution in [3.05, 3.63) is 17.7 Å². The van der Waals surface area contributed by atoms with E-state index in [9.17, 15) is 22.6 Å². The van der Waals surface area contributed by atoms with E-state index >= 15 is 0 Å². The highest BCUT2D eigenvalue weighted by molar-refractivity contribution is 7.85. The SMILES string of the molecule is COc1cc(S(=O)(=O)[O-])c(C)cc1NC(=O)CC(C)=O. The Morgan fingerprint density at radius 3 is 2.40 bits per heavy atom. The number of methoxy groups -OCH3 is 1. The number of hydrogen-bond acceptors (Lipinski definition) is 6. The van der Waals surface area contributed by atoms with Gasteiger partial charge in [0.25, 0.3) is 0 Å². The van der Waals surface area contributed by atoms with Gasteiger partial charge in [-0.15, -0.1) is 0 Å². The predicted molar refractivity (Wildman–Crippen MR) is 69.6 cm³/mol. The summed E-state index contributed by atoms with van der Waals surface area (Å²) >= 11 is 0. The summed E-state index contributed by atoms with van der Waals surface area (Å²) in [7, 11) is -3.36. The summed E-state index contributed by atoms with van der Waals surface area (Å²) in [6.45, 7) is 2.69. The van der Waals surface area contributed by atoms with Gasteiger partial charge in [-0.3, -0.25) is 9.59 Å². The van der Waals surface area contributed by atoms with E-state index in [0.29, 0.717) is 0 Å². The maximum atomic E-state index is 11.5. The van der Waals surface area contributed by atoms with Crippen LogP contribution in [0.1, 0.15) is 18.9 Å². The van der Waals surface area contributed by atoms with Crippen LogP contribution in [0.2, 0.25) is 0 Å². The van der Waals surface area contributed by atoms with E-state index in [1.807, 2.05) is 0 Å². The monoisotopic (exact) mass is 300 g/mol. The lowest BCUT2D eigenvalue weighted by molar-refractivity contribution is -0.124. The predicted octanol–water partition coefficient (Wildman–Crippen LogP) is 0.825. The van der Waals surface area contributed by atoms with Crippen LogP contribution in [0.5, 0.6) is 5.75 Å². The van der Waals surface area contributed by atoms with Crippen LogP contribution in [-0.4, -0.2) is 31.8 Å². The van der Waals surface area contributed by atoms with Crippen molar-refractivity contribution >= 4 is 27.5 Å². The molecule has 1 amide bonds. The van der Waals surface area contributed by atoms with Crippen LogP contribution < -0.4 is 10.1 Å². The fourth-order valence-corrected chi connectivity index (χ4v) is 2.33. The van der Waals surface area contributed by atoms with Crippen molar-refractivity contribution in [1.29, 1.82) is 0 Å². The topological polar surface area (TPSA) is 113 Å². The molecule has 110 valence electrons. The molecule has 0 aliphatic heterocycles. The summed E-state index contributed by atoms with van der Waals surface area (Å²) in [6.07, 6.45) is -0.302. The van der Waals surface area contributed by atoms with E-state index in [1.54, 1.807) is 0 Å². The first-order valence-corrected chi connectivity index (χ1v) is 6.99. The molecule has 0 fully saturated rings. The minimum Gasteiger partial charge on any atom is -0.744 e. The molecule has 1 aromatic carbocycles. The second-order valence-corrected chi connectivity index (χ2v) is 5.55. The first kappa shape index (κ1) is 16.1. The van der Waals surface area contributed by atoms with E-state index in [0.717, 1.165) is 6.07 Å². The van der Waals surface area contributed by atoms with Gasteiger partial charge in [0.1, 0.15) is 21.7 Å². The van der Waals surface area contributed by atoms with Gasteiger partial charge in [-0.2, -0.15) is 0 Å². The molecule has 20 heavy (non-hydrogen) atoms. The first-order valence-electron chi connectivity index (χ1n) is 5.59. The van der Waals surface area contributed by atoms with Gasteiger partial charge < -0.3 is 14.6 Å². The second-order valence-electron chi connectivity index (χ2n) is 4.20. The fourth-order valence-electron chi connectivity index (χ4n) is 1.63. The molecule has 1 aromatic rings. The Bertz CT molecular complexity index is 650. The number of benzene rings is 1. The zero-order valence-electron chi connectivity index (χ0n) is 11.2. The Labute approximate surface area is 116 Å². The largest absolute Gasteiger partial charge is 0.744 e. The van der Waals surface area contributed by atoms with Crippen LogP contribution in [0.4, 0.5) is 5.69 Å². The van der Waals surface area contributed by atoms with Gasteiger partial charge in [-0.1, -0.05) is 0 Å². The summed E-state index contributed by atoms with van der Waals surface area (Å²) in [6, 6.07) is 2.35. The molecule has 0 spiro atoms. The molecule has 0 heterocycles. The Kier molecular flexibility index (Phi) is 4.85. The summed E-state index contributed by atoms with van der Waals surface area (Å²) in [5.41, 5.74) is 0.377. The lowest BCUT2D eigenvalue weighted by atomic mass is 10.2. The highest BCUT2D eigenvalue weighted by Gasteiger charge is 2.15. The molecule has 0 saturated carbocycles. The number of ketones is 1. The van der Waals surface area contributed by atoms with Crippen molar-refractivity contribution in [2.24, 2.45) is 0 Å². The summed E-state index contributed by atoms with van der Waals surface area (Å²) in [5.74, 6) is -0.827. The van der Waals surface area contributed by atoms with Gasteiger partial charge in [-0.25, -0.2) is 8.42 Å². The van der Waals surface area contributed by atoms with E-state index in [2.05, 4.69) is 5.32 Å². The average Bonchev–Trinajstić information content (AvgIpc) is 2.26. The Hall–Kier alpha value is -1.93. The number of ether oxygens (including phenoxy) is 1. The number of anilines is 1. The lowest BCUT2D eigenvalue weighted by Crippen LogP contribution is -2.16. The zero-order valence-corrected chi connectivity index (χ0v) is 12.0. The summed E-state index contributed by atoms with van der Waals surface area (Å²) in [5, 5.41) is 2.43. The molecule has 1 N–H and O–H groups in total. The molecule has 0 radical (unpaired) electrons. The third-order valence-corrected chi connectivity index (χ3v) is 3.43. The Morgan fingerprint density at radius 1 is 1.35 bits per heavy atom. The smallest absolute Gasteiger partial charge is 0.231 e. The van der Waals surface area contributed by atoms with E-state index < -0.39 is 20.9 Å².